The minimum atomic E-state index is -0.348. The van der Waals surface area contributed by atoms with E-state index >= 15 is 0 Å². The van der Waals surface area contributed by atoms with Gasteiger partial charge < -0.3 is 15.5 Å². The molecule has 0 bridgehead atoms. The van der Waals surface area contributed by atoms with Crippen molar-refractivity contribution in [3.05, 3.63) is 60.2 Å². The van der Waals surface area contributed by atoms with Crippen molar-refractivity contribution in [2.75, 3.05) is 5.73 Å². The molecule has 4 aromatic rings. The van der Waals surface area contributed by atoms with Crippen molar-refractivity contribution >= 4 is 17.5 Å². The highest BCUT2D eigenvalue weighted by atomic mass is 16.3. The predicted molar refractivity (Wildman–Crippen MR) is 102 cm³/mol. The Hall–Kier alpha value is -3.75. The zero-order chi connectivity index (χ0) is 19.7. The highest BCUT2D eigenvalue weighted by molar-refractivity contribution is 5.93. The summed E-state index contributed by atoms with van der Waals surface area (Å²) in [5.74, 6) is 0.750. The number of fused-ring (bicyclic) bond motifs is 1. The van der Waals surface area contributed by atoms with Crippen LogP contribution in [0, 0.1) is 5.92 Å². The normalized spacial score (nSPS) is 12.4. The summed E-state index contributed by atoms with van der Waals surface area (Å²) in [7, 11) is 0. The van der Waals surface area contributed by atoms with Crippen molar-refractivity contribution in [3.8, 4) is 11.6 Å². The molecule has 0 aliphatic carbocycles. The van der Waals surface area contributed by atoms with E-state index in [1.54, 1.807) is 30.6 Å². The molecule has 1 atom stereocenters. The molecule has 4 heterocycles. The van der Waals surface area contributed by atoms with Gasteiger partial charge in [-0.05, 0) is 29.7 Å². The number of anilines is 1. The van der Waals surface area contributed by atoms with E-state index < -0.39 is 0 Å². The number of nitrogens with two attached hydrogens (primary N) is 1. The van der Waals surface area contributed by atoms with Gasteiger partial charge in [0.15, 0.2) is 11.4 Å². The average molecular weight is 377 g/mol. The number of pyridine rings is 1. The SMILES string of the molecule is CC(C)C(NC(=O)c1cc2nc(-c3ccco3)nn2c(N)n1)c1cccnc1. The van der Waals surface area contributed by atoms with Crippen LogP contribution < -0.4 is 11.1 Å². The molecule has 0 saturated heterocycles. The van der Waals surface area contributed by atoms with Gasteiger partial charge in [0.05, 0.1) is 12.3 Å². The van der Waals surface area contributed by atoms with Crippen LogP contribution in [0.25, 0.3) is 17.2 Å². The summed E-state index contributed by atoms with van der Waals surface area (Å²) >= 11 is 0. The van der Waals surface area contributed by atoms with E-state index in [9.17, 15) is 4.79 Å². The number of rotatable bonds is 5. The fourth-order valence-electron chi connectivity index (χ4n) is 2.95. The van der Waals surface area contributed by atoms with Gasteiger partial charge in [0, 0.05) is 18.5 Å². The standard InChI is InChI=1S/C19H19N7O2/c1-11(2)16(12-5-3-7-21-10-12)24-18(27)13-9-15-23-17(14-6-4-8-28-14)25-26(15)19(20)22-13/h3-11,16H,1-2H3,(H2,20,22)(H,24,27). The Morgan fingerprint density at radius 1 is 1.25 bits per heavy atom. The first-order valence-electron chi connectivity index (χ1n) is 8.81. The number of nitrogens with zero attached hydrogens (tertiary/aromatic N) is 5. The van der Waals surface area contributed by atoms with Gasteiger partial charge in [-0.2, -0.15) is 4.52 Å². The van der Waals surface area contributed by atoms with Gasteiger partial charge in [-0.25, -0.2) is 9.97 Å². The van der Waals surface area contributed by atoms with E-state index in [4.69, 9.17) is 10.2 Å². The second-order valence-corrected chi connectivity index (χ2v) is 6.66. The summed E-state index contributed by atoms with van der Waals surface area (Å²) in [5.41, 5.74) is 7.48. The molecule has 0 aliphatic rings. The third-order valence-corrected chi connectivity index (χ3v) is 4.32. The minimum absolute atomic E-state index is 0.0652. The summed E-state index contributed by atoms with van der Waals surface area (Å²) < 4.78 is 6.68. The third-order valence-electron chi connectivity index (χ3n) is 4.32. The molecule has 9 heteroatoms. The second kappa shape index (κ2) is 7.10. The van der Waals surface area contributed by atoms with E-state index in [-0.39, 0.29) is 29.5 Å². The first kappa shape index (κ1) is 17.7. The average Bonchev–Trinajstić information content (AvgIpc) is 3.35. The topological polar surface area (TPSA) is 124 Å². The number of nitrogen functional groups attached to an aromatic ring is 1. The Morgan fingerprint density at radius 2 is 2.11 bits per heavy atom. The maximum Gasteiger partial charge on any atom is 0.270 e. The fraction of sp³-hybridized carbons (Fsp3) is 0.211. The van der Waals surface area contributed by atoms with E-state index in [1.165, 1.54) is 10.8 Å². The molecule has 4 rings (SSSR count). The number of hydrogen-bond donors (Lipinski definition) is 2. The summed E-state index contributed by atoms with van der Waals surface area (Å²) in [6.07, 6.45) is 4.97. The van der Waals surface area contributed by atoms with Crippen LogP contribution in [0.4, 0.5) is 5.95 Å². The van der Waals surface area contributed by atoms with E-state index in [0.717, 1.165) is 5.56 Å². The van der Waals surface area contributed by atoms with Crippen molar-refractivity contribution < 1.29 is 9.21 Å². The molecule has 0 saturated carbocycles. The summed E-state index contributed by atoms with van der Waals surface area (Å²) in [4.78, 5) is 25.5. The van der Waals surface area contributed by atoms with Gasteiger partial charge in [0.1, 0.15) is 5.69 Å². The Labute approximate surface area is 160 Å². The quantitative estimate of drug-likeness (QED) is 0.547. The molecular weight excluding hydrogens is 358 g/mol. The Morgan fingerprint density at radius 3 is 2.79 bits per heavy atom. The molecule has 0 fully saturated rings. The lowest BCUT2D eigenvalue weighted by molar-refractivity contribution is 0.0920. The number of carbonyl (C=O) groups excluding carboxylic acids is 1. The molecule has 142 valence electrons. The van der Waals surface area contributed by atoms with Crippen molar-refractivity contribution in [2.24, 2.45) is 5.92 Å². The highest BCUT2D eigenvalue weighted by Crippen LogP contribution is 2.22. The van der Waals surface area contributed by atoms with Crippen LogP contribution in [0.1, 0.15) is 35.9 Å². The van der Waals surface area contributed by atoms with Crippen molar-refractivity contribution in [1.29, 1.82) is 0 Å². The number of aromatic nitrogens is 5. The van der Waals surface area contributed by atoms with Gasteiger partial charge in [-0.3, -0.25) is 9.78 Å². The van der Waals surface area contributed by atoms with Crippen LogP contribution in [-0.2, 0) is 0 Å². The second-order valence-electron chi connectivity index (χ2n) is 6.66. The molecule has 1 unspecified atom stereocenters. The van der Waals surface area contributed by atoms with Crippen LogP contribution in [0.15, 0.2) is 53.4 Å². The van der Waals surface area contributed by atoms with Crippen molar-refractivity contribution in [1.82, 2.24) is 29.9 Å². The van der Waals surface area contributed by atoms with Crippen LogP contribution in [0.3, 0.4) is 0 Å². The van der Waals surface area contributed by atoms with Gasteiger partial charge in [-0.15, -0.1) is 5.10 Å². The van der Waals surface area contributed by atoms with E-state index in [1.807, 2.05) is 26.0 Å². The molecule has 3 N–H and O–H groups in total. The molecule has 9 nitrogen and oxygen atoms in total. The molecular formula is C19H19N7O2. The molecule has 0 aromatic carbocycles. The van der Waals surface area contributed by atoms with E-state index in [2.05, 4.69) is 25.4 Å². The molecule has 0 radical (unpaired) electrons. The number of amides is 1. The maximum atomic E-state index is 12.8. The molecule has 1 amide bonds. The predicted octanol–water partition coefficient (Wildman–Crippen LogP) is 2.49. The van der Waals surface area contributed by atoms with Gasteiger partial charge in [0.25, 0.3) is 5.91 Å². The number of nitrogens with one attached hydrogen (secondary N) is 1. The highest BCUT2D eigenvalue weighted by Gasteiger charge is 2.22. The van der Waals surface area contributed by atoms with E-state index in [0.29, 0.717) is 17.2 Å². The summed E-state index contributed by atoms with van der Waals surface area (Å²) in [6, 6.07) is 8.59. The first-order chi connectivity index (χ1) is 13.5. The van der Waals surface area contributed by atoms with Crippen LogP contribution >= 0.6 is 0 Å². The summed E-state index contributed by atoms with van der Waals surface area (Å²) in [6.45, 7) is 4.05. The monoisotopic (exact) mass is 377 g/mol. The lowest BCUT2D eigenvalue weighted by Gasteiger charge is -2.22. The lowest BCUT2D eigenvalue weighted by atomic mass is 9.97. The number of hydrogen-bond acceptors (Lipinski definition) is 7. The van der Waals surface area contributed by atoms with Gasteiger partial charge >= 0.3 is 0 Å². The smallest absolute Gasteiger partial charge is 0.270 e. The first-order valence-corrected chi connectivity index (χ1v) is 8.81. The third kappa shape index (κ3) is 3.29. The minimum Gasteiger partial charge on any atom is -0.461 e. The zero-order valence-electron chi connectivity index (χ0n) is 15.4. The Bertz CT molecular complexity index is 1100. The Balaban J connectivity index is 1.65. The zero-order valence-corrected chi connectivity index (χ0v) is 15.4. The Kier molecular flexibility index (Phi) is 4.48. The summed E-state index contributed by atoms with van der Waals surface area (Å²) in [5, 5.41) is 7.28. The van der Waals surface area contributed by atoms with Crippen LogP contribution in [0.2, 0.25) is 0 Å². The maximum absolute atomic E-state index is 12.8. The van der Waals surface area contributed by atoms with Crippen molar-refractivity contribution in [3.63, 3.8) is 0 Å². The lowest BCUT2D eigenvalue weighted by Crippen LogP contribution is -2.32. The molecule has 4 aromatic heterocycles. The molecule has 28 heavy (non-hydrogen) atoms. The number of furan rings is 1. The largest absolute Gasteiger partial charge is 0.461 e. The van der Waals surface area contributed by atoms with Gasteiger partial charge in [-0.1, -0.05) is 19.9 Å². The fourth-order valence-corrected chi connectivity index (χ4v) is 2.95. The van der Waals surface area contributed by atoms with Crippen LogP contribution in [0.5, 0.6) is 0 Å². The van der Waals surface area contributed by atoms with Crippen LogP contribution in [-0.4, -0.2) is 30.5 Å². The van der Waals surface area contributed by atoms with Gasteiger partial charge in [0.2, 0.25) is 11.8 Å². The molecule has 0 spiro atoms. The molecule has 0 aliphatic heterocycles. The van der Waals surface area contributed by atoms with Crippen molar-refractivity contribution in [2.45, 2.75) is 19.9 Å². The number of carbonyl (C=O) groups is 1.